The quantitative estimate of drug-likeness (QED) is 0.730. The molecule has 0 unspecified atom stereocenters. The van der Waals surface area contributed by atoms with Gasteiger partial charge in [0.2, 0.25) is 0 Å². The van der Waals surface area contributed by atoms with Gasteiger partial charge in [-0.1, -0.05) is 30.3 Å². The average Bonchev–Trinajstić information content (AvgIpc) is 2.27. The van der Waals surface area contributed by atoms with E-state index in [0.29, 0.717) is 5.39 Å². The molecule has 2 rings (SSSR count). The largest absolute Gasteiger partial charge is 0.478 e. The molecule has 0 spiro atoms. The lowest BCUT2D eigenvalue weighted by molar-refractivity contribution is 0.0700. The monoisotopic (exact) mass is 200 g/mol. The molecule has 0 bridgehead atoms. The lowest BCUT2D eigenvalue weighted by atomic mass is 10.0. The second-order valence-electron chi connectivity index (χ2n) is 3.10. The van der Waals surface area contributed by atoms with Gasteiger partial charge >= 0.3 is 5.97 Å². The van der Waals surface area contributed by atoms with Crippen molar-refractivity contribution in [2.24, 2.45) is 5.11 Å². The van der Waals surface area contributed by atoms with Crippen LogP contribution >= 0.6 is 0 Å². The highest BCUT2D eigenvalue weighted by atomic mass is 16.4. The second-order valence-corrected chi connectivity index (χ2v) is 3.10. The summed E-state index contributed by atoms with van der Waals surface area (Å²) in [6.07, 6.45) is 0. The lowest BCUT2D eigenvalue weighted by Crippen LogP contribution is -1.97. The maximum absolute atomic E-state index is 11.1. The van der Waals surface area contributed by atoms with Gasteiger partial charge in [-0.15, -0.1) is 0 Å². The molecule has 0 aromatic heterocycles. The summed E-state index contributed by atoms with van der Waals surface area (Å²) in [5.41, 5.74) is 7.18. The third-order valence-corrected chi connectivity index (χ3v) is 2.24. The van der Waals surface area contributed by atoms with Gasteiger partial charge in [0.05, 0.1) is 5.56 Å². The number of benzene rings is 2. The van der Waals surface area contributed by atoms with Gasteiger partial charge in [0.1, 0.15) is 5.69 Å². The second kappa shape index (κ2) is 3.49. The van der Waals surface area contributed by atoms with E-state index in [1.54, 1.807) is 24.3 Å². The summed E-state index contributed by atoms with van der Waals surface area (Å²) in [6.45, 7) is 0. The van der Waals surface area contributed by atoms with Crippen molar-refractivity contribution >= 4 is 22.4 Å². The molecule has 2 aromatic carbocycles. The first-order chi connectivity index (χ1) is 7.24. The van der Waals surface area contributed by atoms with E-state index in [4.69, 9.17) is 10.6 Å². The first kappa shape index (κ1) is 9.33. The van der Waals surface area contributed by atoms with Gasteiger partial charge in [-0.2, -0.15) is 5.11 Å². The van der Waals surface area contributed by atoms with Crippen LogP contribution in [-0.2, 0) is 0 Å². The summed E-state index contributed by atoms with van der Waals surface area (Å²) >= 11 is 0. The Morgan fingerprint density at radius 1 is 1.20 bits per heavy atom. The number of rotatable bonds is 2. The van der Waals surface area contributed by atoms with Crippen LogP contribution in [0.5, 0.6) is 0 Å². The third-order valence-electron chi connectivity index (χ3n) is 2.24. The van der Waals surface area contributed by atoms with E-state index in [9.17, 15) is 4.79 Å². The Balaban J connectivity index is 2.90. The SMILES string of the molecule is N=Nc1ccc2ccccc2c1C(=O)O. The number of fused-ring (bicyclic) bond motifs is 1. The molecule has 0 saturated carbocycles. The fourth-order valence-corrected chi connectivity index (χ4v) is 1.58. The average molecular weight is 200 g/mol. The minimum absolute atomic E-state index is 0.0862. The number of carboxylic acid groups (broad SMARTS) is 1. The Hall–Kier alpha value is -2.23. The molecule has 74 valence electrons. The number of hydrogen-bond acceptors (Lipinski definition) is 3. The van der Waals surface area contributed by atoms with E-state index in [-0.39, 0.29) is 11.3 Å². The van der Waals surface area contributed by atoms with Crippen LogP contribution in [-0.4, -0.2) is 11.1 Å². The van der Waals surface area contributed by atoms with E-state index in [0.717, 1.165) is 5.39 Å². The van der Waals surface area contributed by atoms with E-state index < -0.39 is 5.97 Å². The maximum atomic E-state index is 11.1. The van der Waals surface area contributed by atoms with E-state index in [2.05, 4.69) is 5.11 Å². The number of carboxylic acids is 1. The number of hydrogen-bond donors (Lipinski definition) is 2. The minimum Gasteiger partial charge on any atom is -0.478 e. The summed E-state index contributed by atoms with van der Waals surface area (Å²) in [5.74, 6) is -1.06. The van der Waals surface area contributed by atoms with Crippen molar-refractivity contribution in [3.63, 3.8) is 0 Å². The molecular formula is C11H8N2O2. The summed E-state index contributed by atoms with van der Waals surface area (Å²) < 4.78 is 0. The standard InChI is InChI=1S/C11H8N2O2/c12-13-9-6-5-7-3-1-2-4-8(7)10(9)11(14)15/h1-6,12H,(H,14,15). The molecule has 4 heteroatoms. The minimum atomic E-state index is -1.06. The normalized spacial score (nSPS) is 10.1. The van der Waals surface area contributed by atoms with Crippen LogP contribution in [0.4, 0.5) is 5.69 Å². The molecule has 0 atom stereocenters. The predicted molar refractivity (Wildman–Crippen MR) is 55.7 cm³/mol. The summed E-state index contributed by atoms with van der Waals surface area (Å²) in [6, 6.07) is 10.4. The van der Waals surface area contributed by atoms with Crippen molar-refractivity contribution in [3.05, 3.63) is 42.0 Å². The highest BCUT2D eigenvalue weighted by Crippen LogP contribution is 2.27. The van der Waals surface area contributed by atoms with Crippen molar-refractivity contribution in [1.29, 1.82) is 5.53 Å². The van der Waals surface area contributed by atoms with Crippen molar-refractivity contribution in [2.75, 3.05) is 0 Å². The fraction of sp³-hybridized carbons (Fsp3) is 0. The van der Waals surface area contributed by atoms with Crippen LogP contribution in [0.25, 0.3) is 10.8 Å². The van der Waals surface area contributed by atoms with Crippen molar-refractivity contribution in [1.82, 2.24) is 0 Å². The summed E-state index contributed by atoms with van der Waals surface area (Å²) in [4.78, 5) is 11.1. The van der Waals surface area contributed by atoms with Crippen LogP contribution in [0.1, 0.15) is 10.4 Å². The zero-order valence-electron chi connectivity index (χ0n) is 7.77. The predicted octanol–water partition coefficient (Wildman–Crippen LogP) is 3.20. The van der Waals surface area contributed by atoms with Crippen molar-refractivity contribution in [3.8, 4) is 0 Å². The van der Waals surface area contributed by atoms with Gasteiger partial charge in [0.25, 0.3) is 0 Å². The van der Waals surface area contributed by atoms with Crippen LogP contribution in [0, 0.1) is 5.53 Å². The summed E-state index contributed by atoms with van der Waals surface area (Å²) in [7, 11) is 0. The first-order valence-corrected chi connectivity index (χ1v) is 4.36. The Morgan fingerprint density at radius 3 is 2.60 bits per heavy atom. The third kappa shape index (κ3) is 1.46. The van der Waals surface area contributed by atoms with Gasteiger partial charge in [0, 0.05) is 0 Å². The Kier molecular flexibility index (Phi) is 2.17. The Labute approximate surface area is 85.7 Å². The number of carbonyl (C=O) groups is 1. The molecule has 2 N–H and O–H groups in total. The number of aromatic carboxylic acids is 1. The molecule has 0 amide bonds. The molecule has 2 aromatic rings. The Bertz CT molecular complexity index is 549. The van der Waals surface area contributed by atoms with Crippen LogP contribution in [0.3, 0.4) is 0 Å². The topological polar surface area (TPSA) is 73.5 Å². The number of nitrogens with one attached hydrogen (secondary N) is 1. The van der Waals surface area contributed by atoms with E-state index in [1.165, 1.54) is 0 Å². The van der Waals surface area contributed by atoms with E-state index in [1.807, 2.05) is 12.1 Å². The van der Waals surface area contributed by atoms with Gasteiger partial charge in [-0.25, -0.2) is 10.3 Å². The molecule has 0 aliphatic rings. The molecule has 0 heterocycles. The van der Waals surface area contributed by atoms with Crippen molar-refractivity contribution in [2.45, 2.75) is 0 Å². The molecule has 0 aliphatic carbocycles. The first-order valence-electron chi connectivity index (χ1n) is 4.36. The van der Waals surface area contributed by atoms with Gasteiger partial charge < -0.3 is 5.11 Å². The smallest absolute Gasteiger partial charge is 0.338 e. The molecule has 0 aliphatic heterocycles. The van der Waals surface area contributed by atoms with Gasteiger partial charge in [0.15, 0.2) is 0 Å². The van der Waals surface area contributed by atoms with Crippen LogP contribution < -0.4 is 0 Å². The highest BCUT2D eigenvalue weighted by molar-refractivity contribution is 6.07. The molecule has 4 nitrogen and oxygen atoms in total. The fourth-order valence-electron chi connectivity index (χ4n) is 1.58. The molecule has 15 heavy (non-hydrogen) atoms. The number of nitrogens with zero attached hydrogens (tertiary/aromatic N) is 1. The molecule has 0 radical (unpaired) electrons. The zero-order chi connectivity index (χ0) is 10.8. The Morgan fingerprint density at radius 2 is 1.93 bits per heavy atom. The zero-order valence-corrected chi connectivity index (χ0v) is 7.77. The molecule has 0 saturated heterocycles. The van der Waals surface area contributed by atoms with Crippen LogP contribution in [0.15, 0.2) is 41.5 Å². The van der Waals surface area contributed by atoms with Crippen LogP contribution in [0.2, 0.25) is 0 Å². The molecular weight excluding hydrogens is 192 g/mol. The van der Waals surface area contributed by atoms with Gasteiger partial charge in [-0.05, 0) is 16.8 Å². The van der Waals surface area contributed by atoms with Crippen molar-refractivity contribution < 1.29 is 9.90 Å². The lowest BCUT2D eigenvalue weighted by Gasteiger charge is -2.04. The van der Waals surface area contributed by atoms with E-state index >= 15 is 0 Å². The van der Waals surface area contributed by atoms with Gasteiger partial charge in [-0.3, -0.25) is 0 Å². The highest BCUT2D eigenvalue weighted by Gasteiger charge is 2.13. The maximum Gasteiger partial charge on any atom is 0.338 e. The summed E-state index contributed by atoms with van der Waals surface area (Å²) in [5, 5.41) is 13.7. The molecule has 0 fully saturated rings.